The fraction of sp³-hybridized carbons (Fsp3) is 0.657. The Bertz CT molecular complexity index is 1430. The van der Waals surface area contributed by atoms with Gasteiger partial charge in [0.25, 0.3) is 0 Å². The van der Waals surface area contributed by atoms with Crippen LogP contribution >= 0.6 is 0 Å². The van der Waals surface area contributed by atoms with Crippen molar-refractivity contribution in [1.82, 2.24) is 9.62 Å². The molecule has 48 heavy (non-hydrogen) atoms. The molecular formula is C35H51N3O9S. The van der Waals surface area contributed by atoms with Crippen molar-refractivity contribution in [2.75, 3.05) is 40.0 Å². The second-order valence-electron chi connectivity index (χ2n) is 14.4. The molecule has 3 fully saturated rings. The molecule has 13 heteroatoms. The summed E-state index contributed by atoms with van der Waals surface area (Å²) in [6.07, 6.45) is 5.21. The number of hydrogen-bond acceptors (Lipinski definition) is 10. The number of carbonyl (C=O) groups excluding carboxylic acids is 2. The molecule has 2 heterocycles. The zero-order chi connectivity index (χ0) is 34.5. The zero-order valence-corrected chi connectivity index (χ0v) is 29.0. The first kappa shape index (κ1) is 36.5. The van der Waals surface area contributed by atoms with E-state index in [0.717, 1.165) is 12.0 Å². The quantitative estimate of drug-likeness (QED) is 0.173. The fourth-order valence-electron chi connectivity index (χ4n) is 7.43. The molecule has 0 spiro atoms. The number of alkyl carbamates (subject to hydrolysis) is 1. The van der Waals surface area contributed by atoms with Crippen LogP contribution in [0, 0.1) is 29.1 Å². The number of nitrogens with one attached hydrogen (secondary N) is 1. The molecule has 8 atom stereocenters. The predicted molar refractivity (Wildman–Crippen MR) is 179 cm³/mol. The van der Waals surface area contributed by atoms with Crippen LogP contribution in [-0.2, 0) is 40.2 Å². The van der Waals surface area contributed by atoms with Gasteiger partial charge in [0.2, 0.25) is 10.0 Å². The van der Waals surface area contributed by atoms with Crippen molar-refractivity contribution in [3.63, 3.8) is 0 Å². The number of rotatable bonds is 16. The highest BCUT2D eigenvalue weighted by Gasteiger charge is 2.56. The summed E-state index contributed by atoms with van der Waals surface area (Å²) in [6.45, 7) is 4.94. The topological polar surface area (TPSA) is 167 Å². The Morgan fingerprint density at radius 1 is 1.17 bits per heavy atom. The van der Waals surface area contributed by atoms with Crippen molar-refractivity contribution < 1.29 is 42.1 Å². The van der Waals surface area contributed by atoms with Gasteiger partial charge in [0.1, 0.15) is 6.10 Å². The van der Waals surface area contributed by atoms with Gasteiger partial charge in [-0.25, -0.2) is 13.2 Å². The molecule has 0 radical (unpaired) electrons. The van der Waals surface area contributed by atoms with Crippen LogP contribution in [0.2, 0.25) is 0 Å². The van der Waals surface area contributed by atoms with Crippen LogP contribution in [0.3, 0.4) is 0 Å². The van der Waals surface area contributed by atoms with Crippen LogP contribution < -0.4 is 11.1 Å². The monoisotopic (exact) mass is 689 g/mol. The van der Waals surface area contributed by atoms with Gasteiger partial charge in [-0.3, -0.25) is 4.79 Å². The Kier molecular flexibility index (Phi) is 12.0. The van der Waals surface area contributed by atoms with Gasteiger partial charge < -0.3 is 35.1 Å². The molecule has 2 bridgehead atoms. The van der Waals surface area contributed by atoms with Crippen molar-refractivity contribution in [3.05, 3.63) is 59.0 Å². The Labute approximate surface area is 284 Å². The van der Waals surface area contributed by atoms with E-state index >= 15 is 0 Å². The summed E-state index contributed by atoms with van der Waals surface area (Å²) < 4.78 is 52.4. The minimum Gasteiger partial charge on any atom is -0.462 e. The van der Waals surface area contributed by atoms with E-state index in [1.165, 1.54) is 17.4 Å². The number of nitrogens with two attached hydrogens (primary N) is 1. The summed E-state index contributed by atoms with van der Waals surface area (Å²) in [7, 11) is -2.55. The number of ether oxygens (including phenoxy) is 4. The maximum atomic E-state index is 14.1. The van der Waals surface area contributed by atoms with Gasteiger partial charge in [-0.2, -0.15) is 4.31 Å². The summed E-state index contributed by atoms with van der Waals surface area (Å²) >= 11 is 0. The molecule has 266 valence electrons. The number of sulfonamides is 1. The predicted octanol–water partition coefficient (Wildman–Crippen LogP) is 3.11. The maximum absolute atomic E-state index is 14.1. The molecule has 1 aromatic rings. The average Bonchev–Trinajstić information content (AvgIpc) is 3.59. The van der Waals surface area contributed by atoms with Crippen molar-refractivity contribution in [3.8, 4) is 0 Å². The number of allylic oxidation sites excluding steroid dienone is 1. The van der Waals surface area contributed by atoms with Crippen LogP contribution in [0.5, 0.6) is 0 Å². The summed E-state index contributed by atoms with van der Waals surface area (Å²) in [5.41, 5.74) is 6.37. The second-order valence-corrected chi connectivity index (χ2v) is 16.3. The van der Waals surface area contributed by atoms with Gasteiger partial charge in [-0.15, -0.1) is 0 Å². The highest BCUT2D eigenvalue weighted by atomic mass is 32.2. The van der Waals surface area contributed by atoms with Crippen LogP contribution in [0.1, 0.15) is 51.5 Å². The lowest BCUT2D eigenvalue weighted by Crippen LogP contribution is -2.46. The molecule has 0 aromatic heterocycles. The van der Waals surface area contributed by atoms with Crippen molar-refractivity contribution in [1.29, 1.82) is 0 Å². The first-order chi connectivity index (χ1) is 22.9. The summed E-state index contributed by atoms with van der Waals surface area (Å²) in [5, 5.41) is 14.2. The van der Waals surface area contributed by atoms with E-state index in [1.54, 1.807) is 12.2 Å². The molecule has 4 aliphatic rings. The minimum atomic E-state index is -4.04. The van der Waals surface area contributed by atoms with Crippen molar-refractivity contribution in [2.45, 2.75) is 76.9 Å². The number of fused-ring (bicyclic) bond motifs is 1. The lowest BCUT2D eigenvalue weighted by molar-refractivity contribution is -0.178. The van der Waals surface area contributed by atoms with E-state index in [0.29, 0.717) is 38.9 Å². The SMILES string of the molecule is CNC(=O)OCCCC(C)(C)CN(C[C@@H](O)[C@@H](CC(=O)OC1C2COC3OCC1C3C2)Cc1ccccc1)S(=O)(=O)C1=CCC(N)C=C1. The standard InChI is InChI=1S/C35H51N3O9S/c1-35(2,14-7-15-44-34(41)37-3)22-38(48(42,43)27-12-10-26(36)11-13-27)19-30(39)24(16-23-8-5-4-6-9-23)18-31(40)47-32-25-17-28-29(32)21-46-33(28)45-20-25/h4-6,8-10,12-13,24-26,28-30,32-33,39H,7,11,14-22,36H2,1-3H3,(H,37,41)/t24-,25?,26?,28?,29?,30-,32?,33?/m1/s1. The van der Waals surface area contributed by atoms with E-state index in [4.69, 9.17) is 24.7 Å². The van der Waals surface area contributed by atoms with Gasteiger partial charge in [0.15, 0.2) is 6.29 Å². The molecule has 12 nitrogen and oxygen atoms in total. The Balaban J connectivity index is 1.33. The third-order valence-electron chi connectivity index (χ3n) is 10.0. The Hall–Kier alpha value is -2.81. The highest BCUT2D eigenvalue weighted by molar-refractivity contribution is 7.93. The molecular weight excluding hydrogens is 638 g/mol. The van der Waals surface area contributed by atoms with E-state index in [9.17, 15) is 23.1 Å². The van der Waals surface area contributed by atoms with Gasteiger partial charge in [-0.05, 0) is 49.2 Å². The zero-order valence-electron chi connectivity index (χ0n) is 28.2. The van der Waals surface area contributed by atoms with Crippen LogP contribution in [0.15, 0.2) is 53.5 Å². The first-order valence-corrected chi connectivity index (χ1v) is 18.4. The number of aliphatic hydroxyl groups is 1. The normalized spacial score (nSPS) is 27.8. The molecule has 2 aliphatic heterocycles. The average molecular weight is 690 g/mol. The van der Waals surface area contributed by atoms with Gasteiger partial charge in [0, 0.05) is 49.9 Å². The van der Waals surface area contributed by atoms with E-state index < -0.39 is 39.5 Å². The van der Waals surface area contributed by atoms with Gasteiger partial charge >= 0.3 is 12.1 Å². The maximum Gasteiger partial charge on any atom is 0.406 e. The number of amides is 1. The van der Waals surface area contributed by atoms with Crippen LogP contribution in [0.4, 0.5) is 4.79 Å². The molecule has 6 unspecified atom stereocenters. The van der Waals surface area contributed by atoms with Gasteiger partial charge in [0.05, 0.1) is 37.3 Å². The third kappa shape index (κ3) is 9.05. The number of esters is 1. The molecule has 5 rings (SSSR count). The number of carbonyl (C=O) groups is 2. The van der Waals surface area contributed by atoms with E-state index in [-0.39, 0.29) is 67.2 Å². The fourth-order valence-corrected chi connectivity index (χ4v) is 9.16. The molecule has 2 saturated heterocycles. The van der Waals surface area contributed by atoms with Crippen molar-refractivity contribution in [2.24, 2.45) is 34.8 Å². The Morgan fingerprint density at radius 3 is 2.62 bits per heavy atom. The summed E-state index contributed by atoms with van der Waals surface area (Å²) in [5.74, 6) is -0.596. The third-order valence-corrected chi connectivity index (χ3v) is 11.9. The number of hydrogen-bond donors (Lipinski definition) is 3. The summed E-state index contributed by atoms with van der Waals surface area (Å²) in [4.78, 5) is 25.2. The molecule has 2 aliphatic carbocycles. The smallest absolute Gasteiger partial charge is 0.406 e. The molecule has 1 aromatic carbocycles. The molecule has 1 amide bonds. The number of nitrogens with zero attached hydrogens (tertiary/aromatic N) is 1. The Morgan fingerprint density at radius 2 is 1.92 bits per heavy atom. The largest absolute Gasteiger partial charge is 0.462 e. The number of aliphatic hydroxyl groups excluding tert-OH is 1. The first-order valence-electron chi connectivity index (χ1n) is 17.0. The van der Waals surface area contributed by atoms with Gasteiger partial charge in [-0.1, -0.05) is 56.3 Å². The highest BCUT2D eigenvalue weighted by Crippen LogP contribution is 2.49. The van der Waals surface area contributed by atoms with Crippen LogP contribution in [-0.4, -0.2) is 94.4 Å². The lowest BCUT2D eigenvalue weighted by Gasteiger charge is -2.35. The number of benzene rings is 1. The van der Waals surface area contributed by atoms with E-state index in [2.05, 4.69) is 5.32 Å². The summed E-state index contributed by atoms with van der Waals surface area (Å²) in [6, 6.07) is 9.27. The minimum absolute atomic E-state index is 0.0760. The lowest BCUT2D eigenvalue weighted by atomic mass is 9.87. The second kappa shape index (κ2) is 15.8. The molecule has 1 saturated carbocycles. The van der Waals surface area contributed by atoms with E-state index in [1.807, 2.05) is 44.2 Å². The van der Waals surface area contributed by atoms with Crippen LogP contribution in [0.25, 0.3) is 0 Å². The van der Waals surface area contributed by atoms with Crippen molar-refractivity contribution >= 4 is 22.1 Å². The molecule has 4 N–H and O–H groups in total.